The van der Waals surface area contributed by atoms with Crippen LogP contribution in [0.2, 0.25) is 0 Å². The minimum atomic E-state index is 0.253. The third kappa shape index (κ3) is 2.64. The van der Waals surface area contributed by atoms with E-state index in [1.165, 1.54) is 0 Å². The summed E-state index contributed by atoms with van der Waals surface area (Å²) in [6, 6.07) is 8.49. The molecular weight excluding hydrogens is 300 g/mol. The second-order valence-corrected chi connectivity index (χ2v) is 6.13. The highest BCUT2D eigenvalue weighted by Gasteiger charge is 2.28. The first-order valence-electron chi connectivity index (χ1n) is 8.25. The molecule has 0 amide bonds. The maximum absolute atomic E-state index is 4.89. The molecule has 6 nitrogen and oxygen atoms in total. The molecule has 0 unspecified atom stereocenters. The number of aromatic nitrogens is 5. The monoisotopic (exact) mass is 320 g/mol. The molecule has 0 bridgehead atoms. The van der Waals surface area contributed by atoms with Crippen molar-refractivity contribution >= 4 is 5.82 Å². The second-order valence-electron chi connectivity index (χ2n) is 6.13. The zero-order valence-corrected chi connectivity index (χ0v) is 13.9. The van der Waals surface area contributed by atoms with E-state index >= 15 is 0 Å². The Kier molecular flexibility index (Phi) is 3.72. The molecule has 24 heavy (non-hydrogen) atoms. The van der Waals surface area contributed by atoms with Gasteiger partial charge in [-0.2, -0.15) is 0 Å². The summed E-state index contributed by atoms with van der Waals surface area (Å²) in [4.78, 5) is 20.2. The van der Waals surface area contributed by atoms with Gasteiger partial charge in [0, 0.05) is 30.7 Å². The topological polar surface area (TPSA) is 59.7 Å². The number of hydrogen-bond acceptors (Lipinski definition) is 5. The number of pyridine rings is 1. The van der Waals surface area contributed by atoms with Crippen LogP contribution in [0.25, 0.3) is 5.82 Å². The first-order chi connectivity index (χ1) is 11.7. The molecule has 1 fully saturated rings. The van der Waals surface area contributed by atoms with Crippen molar-refractivity contribution in [2.45, 2.75) is 32.7 Å². The lowest BCUT2D eigenvalue weighted by atomic mass is 10.1. The Bertz CT molecular complexity index is 856. The summed E-state index contributed by atoms with van der Waals surface area (Å²) in [6.45, 7) is 4.98. The van der Waals surface area contributed by atoms with Crippen LogP contribution in [-0.2, 0) is 0 Å². The molecule has 0 saturated carbocycles. The Morgan fingerprint density at radius 1 is 1.08 bits per heavy atom. The highest BCUT2D eigenvalue weighted by atomic mass is 15.2. The number of anilines is 1. The van der Waals surface area contributed by atoms with Crippen molar-refractivity contribution < 1.29 is 0 Å². The molecule has 122 valence electrons. The third-order valence-corrected chi connectivity index (χ3v) is 4.51. The van der Waals surface area contributed by atoms with Gasteiger partial charge < -0.3 is 4.90 Å². The van der Waals surface area contributed by atoms with Gasteiger partial charge in [-0.3, -0.25) is 4.57 Å². The van der Waals surface area contributed by atoms with Crippen molar-refractivity contribution in [3.63, 3.8) is 0 Å². The molecule has 1 aliphatic heterocycles. The van der Waals surface area contributed by atoms with Gasteiger partial charge in [0.15, 0.2) is 0 Å². The van der Waals surface area contributed by atoms with E-state index in [1.807, 2.05) is 36.7 Å². The predicted octanol–water partition coefficient (Wildman–Crippen LogP) is 3.02. The van der Waals surface area contributed by atoms with E-state index < -0.39 is 0 Å². The lowest BCUT2D eigenvalue weighted by Crippen LogP contribution is -2.24. The van der Waals surface area contributed by atoms with Gasteiger partial charge in [0.2, 0.25) is 0 Å². The van der Waals surface area contributed by atoms with E-state index in [4.69, 9.17) is 4.98 Å². The van der Waals surface area contributed by atoms with E-state index in [1.54, 1.807) is 12.5 Å². The van der Waals surface area contributed by atoms with Crippen LogP contribution in [0.5, 0.6) is 0 Å². The number of rotatable bonds is 3. The van der Waals surface area contributed by atoms with Gasteiger partial charge in [-0.1, -0.05) is 6.07 Å². The molecule has 1 atom stereocenters. The molecule has 1 aliphatic rings. The van der Waals surface area contributed by atoms with Crippen molar-refractivity contribution in [1.29, 1.82) is 0 Å². The summed E-state index contributed by atoms with van der Waals surface area (Å²) in [5, 5.41) is 0. The maximum Gasteiger partial charge on any atom is 0.138 e. The van der Waals surface area contributed by atoms with Crippen LogP contribution >= 0.6 is 0 Å². The lowest BCUT2D eigenvalue weighted by molar-refractivity contribution is 0.682. The second kappa shape index (κ2) is 6.03. The van der Waals surface area contributed by atoms with Crippen LogP contribution in [0.1, 0.15) is 36.1 Å². The molecule has 4 rings (SSSR count). The van der Waals surface area contributed by atoms with Crippen molar-refractivity contribution in [3.8, 4) is 5.82 Å². The van der Waals surface area contributed by atoms with Crippen molar-refractivity contribution in [3.05, 3.63) is 60.2 Å². The quantitative estimate of drug-likeness (QED) is 0.742. The Morgan fingerprint density at radius 2 is 2.00 bits per heavy atom. The number of aryl methyl sites for hydroxylation is 2. The van der Waals surface area contributed by atoms with E-state index in [-0.39, 0.29) is 6.04 Å². The van der Waals surface area contributed by atoms with E-state index in [2.05, 4.69) is 32.0 Å². The Hall–Kier alpha value is -2.76. The fourth-order valence-electron chi connectivity index (χ4n) is 3.33. The van der Waals surface area contributed by atoms with Gasteiger partial charge in [0.05, 0.1) is 11.7 Å². The molecule has 3 aromatic rings. The van der Waals surface area contributed by atoms with Gasteiger partial charge in [0.1, 0.15) is 23.8 Å². The minimum absolute atomic E-state index is 0.253. The third-order valence-electron chi connectivity index (χ3n) is 4.51. The van der Waals surface area contributed by atoms with Gasteiger partial charge in [-0.05, 0) is 38.8 Å². The molecular formula is C18H20N6. The average Bonchev–Trinajstić information content (AvgIpc) is 3.24. The Morgan fingerprint density at radius 3 is 2.79 bits per heavy atom. The highest BCUT2D eigenvalue weighted by molar-refractivity contribution is 5.43. The van der Waals surface area contributed by atoms with Crippen LogP contribution in [0.15, 0.2) is 43.0 Å². The molecule has 0 spiro atoms. The molecule has 3 aromatic heterocycles. The SMILES string of the molecule is Cc1cc(N2CCC[C@@H]2c2cccc(-n3ccnc3C)n2)ncn1. The van der Waals surface area contributed by atoms with Crippen molar-refractivity contribution in [1.82, 2.24) is 24.5 Å². The zero-order valence-electron chi connectivity index (χ0n) is 13.9. The summed E-state index contributed by atoms with van der Waals surface area (Å²) >= 11 is 0. The maximum atomic E-state index is 4.89. The zero-order chi connectivity index (χ0) is 16.5. The van der Waals surface area contributed by atoms with Crippen LogP contribution in [0.3, 0.4) is 0 Å². The summed E-state index contributed by atoms with van der Waals surface area (Å²) in [5.41, 5.74) is 2.07. The van der Waals surface area contributed by atoms with Gasteiger partial charge >= 0.3 is 0 Å². The fraction of sp³-hybridized carbons (Fsp3) is 0.333. The molecule has 0 aliphatic carbocycles. The lowest BCUT2D eigenvalue weighted by Gasteiger charge is -2.25. The van der Waals surface area contributed by atoms with Gasteiger partial charge in [0.25, 0.3) is 0 Å². The number of nitrogens with zero attached hydrogens (tertiary/aromatic N) is 6. The van der Waals surface area contributed by atoms with Crippen LogP contribution < -0.4 is 4.90 Å². The number of imidazole rings is 1. The van der Waals surface area contributed by atoms with Gasteiger partial charge in [-0.15, -0.1) is 0 Å². The fourth-order valence-corrected chi connectivity index (χ4v) is 3.33. The number of hydrogen-bond donors (Lipinski definition) is 0. The van der Waals surface area contributed by atoms with Crippen LogP contribution in [-0.4, -0.2) is 31.0 Å². The normalized spacial score (nSPS) is 17.4. The molecule has 6 heteroatoms. The van der Waals surface area contributed by atoms with E-state index in [0.29, 0.717) is 0 Å². The first-order valence-corrected chi connectivity index (χ1v) is 8.25. The molecule has 4 heterocycles. The summed E-state index contributed by atoms with van der Waals surface area (Å²) in [6.07, 6.45) is 7.61. The molecule has 0 radical (unpaired) electrons. The molecule has 0 aromatic carbocycles. The van der Waals surface area contributed by atoms with Gasteiger partial charge in [-0.25, -0.2) is 19.9 Å². The van der Waals surface area contributed by atoms with Crippen LogP contribution in [0.4, 0.5) is 5.82 Å². The average molecular weight is 320 g/mol. The minimum Gasteiger partial charge on any atom is -0.348 e. The van der Waals surface area contributed by atoms with E-state index in [0.717, 1.165) is 48.2 Å². The van der Waals surface area contributed by atoms with Crippen LogP contribution in [0, 0.1) is 13.8 Å². The summed E-state index contributed by atoms with van der Waals surface area (Å²) in [7, 11) is 0. The predicted molar refractivity (Wildman–Crippen MR) is 92.2 cm³/mol. The van der Waals surface area contributed by atoms with Crippen molar-refractivity contribution in [2.24, 2.45) is 0 Å². The summed E-state index contributed by atoms with van der Waals surface area (Å²) < 4.78 is 2.01. The Labute approximate surface area is 141 Å². The highest BCUT2D eigenvalue weighted by Crippen LogP contribution is 2.34. The largest absolute Gasteiger partial charge is 0.348 e. The van der Waals surface area contributed by atoms with Crippen molar-refractivity contribution in [2.75, 3.05) is 11.4 Å². The smallest absolute Gasteiger partial charge is 0.138 e. The molecule has 1 saturated heterocycles. The Balaban J connectivity index is 1.69. The molecule has 0 N–H and O–H groups in total. The van der Waals surface area contributed by atoms with E-state index in [9.17, 15) is 0 Å². The standard InChI is InChI=1S/C18H20N6/c1-13-11-18(21-12-20-13)24-9-4-6-16(24)15-5-3-7-17(22-15)23-10-8-19-14(23)2/h3,5,7-8,10-12,16H,4,6,9H2,1-2H3/t16-/m1/s1. The summed E-state index contributed by atoms with van der Waals surface area (Å²) in [5.74, 6) is 2.83. The first kappa shape index (κ1) is 14.8.